The number of carbonyl (C=O) groups is 1. The molecule has 156 valence electrons. The van der Waals surface area contributed by atoms with Crippen LogP contribution in [0.3, 0.4) is 0 Å². The number of nitrogens with two attached hydrogens (primary N) is 1. The molecule has 6 nitrogen and oxygen atoms in total. The molecule has 2 N–H and O–H groups in total. The first-order valence-electron chi connectivity index (χ1n) is 9.83. The van der Waals surface area contributed by atoms with E-state index in [4.69, 9.17) is 26.8 Å². The van der Waals surface area contributed by atoms with E-state index in [9.17, 15) is 4.79 Å². The van der Waals surface area contributed by atoms with Gasteiger partial charge in [0.15, 0.2) is 18.1 Å². The summed E-state index contributed by atoms with van der Waals surface area (Å²) in [5.74, 6) is 1.18. The Labute approximate surface area is 177 Å². The van der Waals surface area contributed by atoms with E-state index < -0.39 is 0 Å². The van der Waals surface area contributed by atoms with Crippen LogP contribution in [-0.4, -0.2) is 62.1 Å². The third-order valence-corrected chi connectivity index (χ3v) is 5.31. The Kier molecular flexibility index (Phi) is 7.75. The minimum atomic E-state index is -0.00997. The summed E-state index contributed by atoms with van der Waals surface area (Å²) in [6.45, 7) is 4.51. The Balaban J connectivity index is 1.47. The SMILES string of the molecule is COc1cc(CCN)ccc1OCC(=O)N1CCN(Cc2ccc(Cl)cc2)CC1. The number of halogens is 1. The van der Waals surface area contributed by atoms with Crippen molar-refractivity contribution in [1.82, 2.24) is 9.80 Å². The van der Waals surface area contributed by atoms with Gasteiger partial charge in [-0.1, -0.05) is 29.8 Å². The van der Waals surface area contributed by atoms with Crippen LogP contribution in [0.2, 0.25) is 5.02 Å². The third-order valence-electron chi connectivity index (χ3n) is 5.06. The Morgan fingerprint density at radius 3 is 2.38 bits per heavy atom. The van der Waals surface area contributed by atoms with Gasteiger partial charge < -0.3 is 20.1 Å². The largest absolute Gasteiger partial charge is 0.493 e. The molecule has 3 rings (SSSR count). The topological polar surface area (TPSA) is 68.0 Å². The van der Waals surface area contributed by atoms with E-state index in [2.05, 4.69) is 4.90 Å². The Bertz CT molecular complexity index is 805. The van der Waals surface area contributed by atoms with Crippen molar-refractivity contribution in [3.05, 3.63) is 58.6 Å². The monoisotopic (exact) mass is 417 g/mol. The zero-order valence-corrected chi connectivity index (χ0v) is 17.5. The van der Waals surface area contributed by atoms with Crippen LogP contribution >= 0.6 is 11.6 Å². The van der Waals surface area contributed by atoms with E-state index in [1.54, 1.807) is 7.11 Å². The lowest BCUT2D eigenvalue weighted by atomic mass is 10.1. The van der Waals surface area contributed by atoms with Crippen molar-refractivity contribution in [1.29, 1.82) is 0 Å². The number of benzene rings is 2. The van der Waals surface area contributed by atoms with Crippen molar-refractivity contribution in [2.45, 2.75) is 13.0 Å². The van der Waals surface area contributed by atoms with Crippen molar-refractivity contribution in [2.75, 3.05) is 46.4 Å². The maximum Gasteiger partial charge on any atom is 0.260 e. The Morgan fingerprint density at radius 1 is 1.03 bits per heavy atom. The Hall–Kier alpha value is -2.28. The fourth-order valence-corrected chi connectivity index (χ4v) is 3.51. The van der Waals surface area contributed by atoms with Crippen LogP contribution < -0.4 is 15.2 Å². The highest BCUT2D eigenvalue weighted by atomic mass is 35.5. The van der Waals surface area contributed by atoms with Gasteiger partial charge in [0.05, 0.1) is 7.11 Å². The highest BCUT2D eigenvalue weighted by molar-refractivity contribution is 6.30. The lowest BCUT2D eigenvalue weighted by Crippen LogP contribution is -2.49. The predicted molar refractivity (Wildman–Crippen MR) is 115 cm³/mol. The minimum Gasteiger partial charge on any atom is -0.493 e. The van der Waals surface area contributed by atoms with Gasteiger partial charge in [0.25, 0.3) is 5.91 Å². The molecule has 0 aromatic heterocycles. The van der Waals surface area contributed by atoms with Crippen LogP contribution in [0.5, 0.6) is 11.5 Å². The van der Waals surface area contributed by atoms with Gasteiger partial charge >= 0.3 is 0 Å². The quantitative estimate of drug-likeness (QED) is 0.715. The molecule has 1 fully saturated rings. The molecule has 1 saturated heterocycles. The first-order chi connectivity index (χ1) is 14.1. The molecule has 0 saturated carbocycles. The van der Waals surface area contributed by atoms with Gasteiger partial charge in [-0.2, -0.15) is 0 Å². The molecular weight excluding hydrogens is 390 g/mol. The molecule has 1 aliphatic rings. The number of rotatable bonds is 8. The number of amides is 1. The van der Waals surface area contributed by atoms with Crippen LogP contribution in [0.15, 0.2) is 42.5 Å². The number of hydrogen-bond donors (Lipinski definition) is 1. The van der Waals surface area contributed by atoms with Crippen molar-refractivity contribution in [3.63, 3.8) is 0 Å². The van der Waals surface area contributed by atoms with E-state index in [0.717, 1.165) is 36.6 Å². The van der Waals surface area contributed by atoms with E-state index in [1.165, 1.54) is 5.56 Å². The fourth-order valence-electron chi connectivity index (χ4n) is 3.39. The summed E-state index contributed by atoms with van der Waals surface area (Å²) in [5.41, 5.74) is 7.91. The molecule has 0 unspecified atom stereocenters. The Morgan fingerprint density at radius 2 is 1.72 bits per heavy atom. The normalized spacial score (nSPS) is 14.7. The van der Waals surface area contributed by atoms with Crippen LogP contribution in [0.25, 0.3) is 0 Å². The van der Waals surface area contributed by atoms with Crippen LogP contribution in [0.4, 0.5) is 0 Å². The summed E-state index contributed by atoms with van der Waals surface area (Å²) < 4.78 is 11.1. The van der Waals surface area contributed by atoms with Gasteiger partial charge in [-0.25, -0.2) is 0 Å². The molecule has 0 atom stereocenters. The molecule has 0 bridgehead atoms. The van der Waals surface area contributed by atoms with Gasteiger partial charge in [-0.3, -0.25) is 9.69 Å². The average Bonchev–Trinajstić information content (AvgIpc) is 2.75. The van der Waals surface area contributed by atoms with Crippen molar-refractivity contribution in [2.24, 2.45) is 5.73 Å². The molecule has 0 spiro atoms. The lowest BCUT2D eigenvalue weighted by molar-refractivity contribution is -0.135. The van der Waals surface area contributed by atoms with Crippen molar-refractivity contribution >= 4 is 17.5 Å². The number of ether oxygens (including phenoxy) is 2. The summed E-state index contributed by atoms with van der Waals surface area (Å²) >= 11 is 5.94. The van der Waals surface area contributed by atoms with Crippen LogP contribution in [0, 0.1) is 0 Å². The minimum absolute atomic E-state index is 0.00375. The number of methoxy groups -OCH3 is 1. The third kappa shape index (κ3) is 6.10. The molecule has 0 radical (unpaired) electrons. The van der Waals surface area contributed by atoms with Gasteiger partial charge in [-0.15, -0.1) is 0 Å². The highest BCUT2D eigenvalue weighted by Crippen LogP contribution is 2.28. The maximum absolute atomic E-state index is 12.6. The van der Waals surface area contributed by atoms with Crippen molar-refractivity contribution < 1.29 is 14.3 Å². The number of nitrogens with zero attached hydrogens (tertiary/aromatic N) is 2. The predicted octanol–water partition coefficient (Wildman–Crippen LogP) is 2.57. The second kappa shape index (κ2) is 10.5. The fraction of sp³-hybridized carbons (Fsp3) is 0.409. The molecule has 1 aliphatic heterocycles. The average molecular weight is 418 g/mol. The molecule has 7 heteroatoms. The summed E-state index contributed by atoms with van der Waals surface area (Å²) in [5, 5.41) is 0.745. The number of hydrogen-bond acceptors (Lipinski definition) is 5. The van der Waals surface area contributed by atoms with Gasteiger partial charge in [0, 0.05) is 37.7 Å². The van der Waals surface area contributed by atoms with Gasteiger partial charge in [0.1, 0.15) is 0 Å². The van der Waals surface area contributed by atoms with Crippen LogP contribution in [0.1, 0.15) is 11.1 Å². The zero-order chi connectivity index (χ0) is 20.6. The van der Waals surface area contributed by atoms with E-state index >= 15 is 0 Å². The van der Waals surface area contributed by atoms with Crippen molar-refractivity contribution in [3.8, 4) is 11.5 Å². The molecule has 1 amide bonds. The maximum atomic E-state index is 12.6. The highest BCUT2D eigenvalue weighted by Gasteiger charge is 2.22. The second-order valence-electron chi connectivity index (χ2n) is 7.10. The lowest BCUT2D eigenvalue weighted by Gasteiger charge is -2.34. The summed E-state index contributed by atoms with van der Waals surface area (Å²) in [4.78, 5) is 16.7. The molecule has 29 heavy (non-hydrogen) atoms. The standard InChI is InChI=1S/C22H28ClN3O3/c1-28-21-14-17(8-9-24)4-7-20(21)29-16-22(27)26-12-10-25(11-13-26)15-18-2-5-19(23)6-3-18/h2-7,14H,8-13,15-16,24H2,1H3. The zero-order valence-electron chi connectivity index (χ0n) is 16.8. The molecule has 2 aromatic carbocycles. The first kappa shape index (κ1) is 21.4. The summed E-state index contributed by atoms with van der Waals surface area (Å²) in [7, 11) is 1.59. The second-order valence-corrected chi connectivity index (χ2v) is 7.53. The molecule has 2 aromatic rings. The van der Waals surface area contributed by atoms with Crippen LogP contribution in [-0.2, 0) is 17.8 Å². The van der Waals surface area contributed by atoms with E-state index in [0.29, 0.717) is 31.1 Å². The van der Waals surface area contributed by atoms with Gasteiger partial charge in [-0.05, 0) is 48.4 Å². The van der Waals surface area contributed by atoms with E-state index in [1.807, 2.05) is 47.4 Å². The summed E-state index contributed by atoms with van der Waals surface area (Å²) in [6.07, 6.45) is 0.774. The molecular formula is C22H28ClN3O3. The van der Waals surface area contributed by atoms with E-state index in [-0.39, 0.29) is 12.5 Å². The van der Waals surface area contributed by atoms with Gasteiger partial charge in [0.2, 0.25) is 0 Å². The molecule has 1 heterocycles. The number of piperazine rings is 1. The summed E-state index contributed by atoms with van der Waals surface area (Å²) in [6, 6.07) is 13.6. The number of carbonyl (C=O) groups excluding carboxylic acids is 1. The first-order valence-corrected chi connectivity index (χ1v) is 10.2. The smallest absolute Gasteiger partial charge is 0.260 e. The molecule has 0 aliphatic carbocycles.